The molecule has 1 aromatic rings. The highest BCUT2D eigenvalue weighted by atomic mass is 19.3. The summed E-state index contributed by atoms with van der Waals surface area (Å²) in [5, 5.41) is 17.3. The van der Waals surface area contributed by atoms with Crippen molar-refractivity contribution in [1.29, 1.82) is 5.26 Å². The summed E-state index contributed by atoms with van der Waals surface area (Å²) < 4.78 is 38.1. The molecule has 1 aromatic carbocycles. The molecule has 0 fully saturated rings. The van der Waals surface area contributed by atoms with E-state index in [0.29, 0.717) is 0 Å². The zero-order valence-electron chi connectivity index (χ0n) is 9.61. The lowest BCUT2D eigenvalue weighted by Gasteiger charge is -2.21. The molecular formula is C12H13F3N2O. The van der Waals surface area contributed by atoms with Crippen LogP contribution in [0.1, 0.15) is 11.1 Å². The quantitative estimate of drug-likeness (QED) is 0.845. The molecule has 0 amide bonds. The van der Waals surface area contributed by atoms with Gasteiger partial charge in [-0.1, -0.05) is 6.07 Å². The summed E-state index contributed by atoms with van der Waals surface area (Å²) in [6.45, 7) is -0.781. The molecule has 0 atom stereocenters. The van der Waals surface area contributed by atoms with E-state index in [4.69, 9.17) is 10.4 Å². The number of nitriles is 1. The van der Waals surface area contributed by atoms with Gasteiger partial charge in [-0.05, 0) is 12.1 Å². The number of hydrogen-bond acceptors (Lipinski definition) is 3. The predicted molar refractivity (Wildman–Crippen MR) is 59.5 cm³/mol. The maximum Gasteiger partial charge on any atom is 0.251 e. The van der Waals surface area contributed by atoms with Gasteiger partial charge in [-0.15, -0.1) is 0 Å². The Morgan fingerprint density at radius 3 is 2.61 bits per heavy atom. The van der Waals surface area contributed by atoms with E-state index in [0.717, 1.165) is 6.07 Å². The molecule has 0 radical (unpaired) electrons. The number of hydrogen-bond donors (Lipinski definition) is 1. The minimum Gasteiger partial charge on any atom is -0.395 e. The Hall–Kier alpha value is -1.58. The first-order chi connectivity index (χ1) is 8.56. The lowest BCUT2D eigenvalue weighted by molar-refractivity contribution is 0.0741. The van der Waals surface area contributed by atoms with Crippen molar-refractivity contribution < 1.29 is 18.3 Å². The summed E-state index contributed by atoms with van der Waals surface area (Å²) in [7, 11) is 0. The highest BCUT2D eigenvalue weighted by Gasteiger charge is 2.14. The second-order valence-corrected chi connectivity index (χ2v) is 3.77. The van der Waals surface area contributed by atoms with Crippen LogP contribution in [0.2, 0.25) is 0 Å². The zero-order valence-corrected chi connectivity index (χ0v) is 9.61. The highest BCUT2D eigenvalue weighted by Crippen LogP contribution is 2.13. The SMILES string of the molecule is N#Cc1ccc(CN(CCO)CC(F)F)c(F)c1. The van der Waals surface area contributed by atoms with Crippen LogP contribution >= 0.6 is 0 Å². The van der Waals surface area contributed by atoms with Crippen molar-refractivity contribution >= 4 is 0 Å². The number of alkyl halides is 2. The minimum atomic E-state index is -2.54. The lowest BCUT2D eigenvalue weighted by Crippen LogP contribution is -2.31. The fourth-order valence-electron chi connectivity index (χ4n) is 1.56. The first kappa shape index (κ1) is 14.5. The van der Waals surface area contributed by atoms with Crippen LogP contribution in [-0.2, 0) is 6.54 Å². The number of rotatable bonds is 6. The van der Waals surface area contributed by atoms with Crippen molar-refractivity contribution in [3.05, 3.63) is 35.1 Å². The molecular weight excluding hydrogens is 245 g/mol. The second kappa shape index (κ2) is 6.99. The topological polar surface area (TPSA) is 47.3 Å². The molecule has 0 aliphatic carbocycles. The van der Waals surface area contributed by atoms with Gasteiger partial charge in [0, 0.05) is 18.7 Å². The Morgan fingerprint density at radius 1 is 1.39 bits per heavy atom. The molecule has 0 saturated heterocycles. The molecule has 18 heavy (non-hydrogen) atoms. The van der Waals surface area contributed by atoms with Gasteiger partial charge in [-0.3, -0.25) is 4.90 Å². The van der Waals surface area contributed by atoms with Gasteiger partial charge in [0.2, 0.25) is 0 Å². The number of aliphatic hydroxyl groups is 1. The molecule has 0 spiro atoms. The molecule has 1 N–H and O–H groups in total. The molecule has 3 nitrogen and oxygen atoms in total. The van der Waals surface area contributed by atoms with Gasteiger partial charge in [-0.25, -0.2) is 13.2 Å². The molecule has 0 aromatic heterocycles. The van der Waals surface area contributed by atoms with E-state index in [1.807, 2.05) is 0 Å². The van der Waals surface area contributed by atoms with E-state index in [1.165, 1.54) is 17.0 Å². The third kappa shape index (κ3) is 4.35. The van der Waals surface area contributed by atoms with Gasteiger partial charge >= 0.3 is 0 Å². The Labute approximate surface area is 103 Å². The van der Waals surface area contributed by atoms with Crippen LogP contribution in [0.25, 0.3) is 0 Å². The van der Waals surface area contributed by atoms with Crippen molar-refractivity contribution in [3.63, 3.8) is 0 Å². The van der Waals surface area contributed by atoms with Crippen LogP contribution in [-0.4, -0.2) is 36.1 Å². The van der Waals surface area contributed by atoms with Crippen molar-refractivity contribution in [1.82, 2.24) is 4.90 Å². The smallest absolute Gasteiger partial charge is 0.251 e. The summed E-state index contributed by atoms with van der Waals surface area (Å²) in [5.74, 6) is -0.605. The fraction of sp³-hybridized carbons (Fsp3) is 0.417. The number of nitrogens with zero attached hydrogens (tertiary/aromatic N) is 2. The highest BCUT2D eigenvalue weighted by molar-refractivity contribution is 5.32. The van der Waals surface area contributed by atoms with Crippen LogP contribution in [0.4, 0.5) is 13.2 Å². The molecule has 0 bridgehead atoms. The van der Waals surface area contributed by atoms with Crippen molar-refractivity contribution in [3.8, 4) is 6.07 Å². The van der Waals surface area contributed by atoms with Gasteiger partial charge in [0.05, 0.1) is 24.8 Å². The predicted octanol–water partition coefficient (Wildman–Crippen LogP) is 1.76. The Balaban J connectivity index is 2.77. The van der Waals surface area contributed by atoms with Gasteiger partial charge in [0.1, 0.15) is 5.82 Å². The first-order valence-corrected chi connectivity index (χ1v) is 5.36. The van der Waals surface area contributed by atoms with E-state index in [2.05, 4.69) is 0 Å². The molecule has 6 heteroatoms. The van der Waals surface area contributed by atoms with Crippen LogP contribution < -0.4 is 0 Å². The van der Waals surface area contributed by atoms with Crippen LogP contribution in [0, 0.1) is 17.1 Å². The summed E-state index contributed by atoms with van der Waals surface area (Å²) in [4.78, 5) is 1.26. The molecule has 0 heterocycles. The van der Waals surface area contributed by atoms with Gasteiger partial charge < -0.3 is 5.11 Å². The third-order valence-corrected chi connectivity index (χ3v) is 2.39. The average Bonchev–Trinajstić information content (AvgIpc) is 2.31. The lowest BCUT2D eigenvalue weighted by atomic mass is 10.1. The van der Waals surface area contributed by atoms with E-state index in [9.17, 15) is 13.2 Å². The second-order valence-electron chi connectivity index (χ2n) is 3.77. The van der Waals surface area contributed by atoms with E-state index >= 15 is 0 Å². The molecule has 98 valence electrons. The molecule has 0 saturated carbocycles. The average molecular weight is 258 g/mol. The standard InChI is InChI=1S/C12H13F3N2O/c13-11-5-9(6-16)1-2-10(11)7-17(3-4-18)8-12(14)15/h1-2,5,12,18H,3-4,7-8H2. The molecule has 0 aliphatic heterocycles. The van der Waals surface area contributed by atoms with E-state index in [-0.39, 0.29) is 30.8 Å². The maximum atomic E-state index is 13.5. The normalized spacial score (nSPS) is 10.9. The minimum absolute atomic E-state index is 0.0254. The van der Waals surface area contributed by atoms with Gasteiger partial charge in [-0.2, -0.15) is 5.26 Å². The largest absolute Gasteiger partial charge is 0.395 e. The first-order valence-electron chi connectivity index (χ1n) is 5.36. The molecule has 1 rings (SSSR count). The Bertz CT molecular complexity index is 432. The monoisotopic (exact) mass is 258 g/mol. The van der Waals surface area contributed by atoms with Crippen molar-refractivity contribution in [2.75, 3.05) is 19.7 Å². The molecule has 0 unspecified atom stereocenters. The summed E-state index contributed by atoms with van der Waals surface area (Å²) >= 11 is 0. The van der Waals surface area contributed by atoms with E-state index in [1.54, 1.807) is 6.07 Å². The summed E-state index contributed by atoms with van der Waals surface area (Å²) in [6.07, 6.45) is -2.54. The Morgan fingerprint density at radius 2 is 2.11 bits per heavy atom. The van der Waals surface area contributed by atoms with Gasteiger partial charge in [0.25, 0.3) is 6.43 Å². The van der Waals surface area contributed by atoms with Crippen LogP contribution in [0.15, 0.2) is 18.2 Å². The van der Waals surface area contributed by atoms with E-state index < -0.39 is 18.8 Å². The summed E-state index contributed by atoms with van der Waals surface area (Å²) in [6, 6.07) is 5.68. The Kier molecular flexibility index (Phi) is 5.62. The third-order valence-electron chi connectivity index (χ3n) is 2.39. The van der Waals surface area contributed by atoms with Crippen LogP contribution in [0.5, 0.6) is 0 Å². The number of halogens is 3. The van der Waals surface area contributed by atoms with Crippen LogP contribution in [0.3, 0.4) is 0 Å². The zero-order chi connectivity index (χ0) is 13.5. The fourth-order valence-corrected chi connectivity index (χ4v) is 1.56. The number of benzene rings is 1. The van der Waals surface area contributed by atoms with Crippen molar-refractivity contribution in [2.45, 2.75) is 13.0 Å². The summed E-state index contributed by atoms with van der Waals surface area (Å²) in [5.41, 5.74) is 0.405. The maximum absolute atomic E-state index is 13.5. The van der Waals surface area contributed by atoms with Crippen molar-refractivity contribution in [2.24, 2.45) is 0 Å². The van der Waals surface area contributed by atoms with Gasteiger partial charge in [0.15, 0.2) is 0 Å². The number of aliphatic hydroxyl groups excluding tert-OH is 1. The molecule has 0 aliphatic rings.